The van der Waals surface area contributed by atoms with Gasteiger partial charge in [-0.05, 0) is 25.2 Å². The molecule has 1 aliphatic rings. The van der Waals surface area contributed by atoms with Crippen LogP contribution in [0.15, 0.2) is 11.0 Å². The highest BCUT2D eigenvalue weighted by Gasteiger charge is 2.23. The Hall–Kier alpha value is -1.03. The smallest absolute Gasteiger partial charge is 0.291 e. The number of nitrogens with zero attached hydrogens (tertiary/aromatic N) is 2. The van der Waals surface area contributed by atoms with Crippen LogP contribution in [0.25, 0.3) is 0 Å². The van der Waals surface area contributed by atoms with Gasteiger partial charge in [0.2, 0.25) is 0 Å². The second-order valence-electron chi connectivity index (χ2n) is 5.29. The lowest BCUT2D eigenvalue weighted by Crippen LogP contribution is -2.27. The standard InChI is InChI=1S/C14H22ClN3O/c1-2-3-4-5-8-16-13-12(15)9-17-18(14(13)19)10-11-6-7-11/h9,11,16H,2-8,10H2,1H3. The van der Waals surface area contributed by atoms with Crippen LogP contribution in [0.5, 0.6) is 0 Å². The molecule has 5 heteroatoms. The molecule has 1 heterocycles. The van der Waals surface area contributed by atoms with Crippen LogP contribution in [-0.4, -0.2) is 16.3 Å². The van der Waals surface area contributed by atoms with Gasteiger partial charge < -0.3 is 5.32 Å². The lowest BCUT2D eigenvalue weighted by Gasteiger charge is -2.10. The first-order valence-electron chi connectivity index (χ1n) is 7.22. The van der Waals surface area contributed by atoms with Gasteiger partial charge in [0, 0.05) is 13.1 Å². The molecule has 0 bridgehead atoms. The Balaban J connectivity index is 1.95. The summed E-state index contributed by atoms with van der Waals surface area (Å²) in [6.45, 7) is 3.70. The van der Waals surface area contributed by atoms with Gasteiger partial charge in [-0.3, -0.25) is 4.79 Å². The van der Waals surface area contributed by atoms with E-state index in [2.05, 4.69) is 17.3 Å². The van der Waals surface area contributed by atoms with Crippen LogP contribution in [0, 0.1) is 5.92 Å². The molecule has 0 aromatic carbocycles. The largest absolute Gasteiger partial charge is 0.379 e. The maximum absolute atomic E-state index is 12.2. The Morgan fingerprint density at radius 1 is 1.42 bits per heavy atom. The summed E-state index contributed by atoms with van der Waals surface area (Å²) < 4.78 is 1.54. The number of aromatic nitrogens is 2. The molecule has 1 saturated carbocycles. The second-order valence-corrected chi connectivity index (χ2v) is 5.69. The van der Waals surface area contributed by atoms with Crippen LogP contribution in [0.3, 0.4) is 0 Å². The molecule has 19 heavy (non-hydrogen) atoms. The second kappa shape index (κ2) is 6.94. The van der Waals surface area contributed by atoms with E-state index >= 15 is 0 Å². The van der Waals surface area contributed by atoms with Crippen molar-refractivity contribution in [2.24, 2.45) is 5.92 Å². The van der Waals surface area contributed by atoms with Gasteiger partial charge in [0.1, 0.15) is 5.69 Å². The first kappa shape index (κ1) is 14.4. The van der Waals surface area contributed by atoms with Crippen molar-refractivity contribution in [3.05, 3.63) is 21.6 Å². The van der Waals surface area contributed by atoms with E-state index in [1.807, 2.05) is 0 Å². The first-order valence-corrected chi connectivity index (χ1v) is 7.59. The SMILES string of the molecule is CCCCCCNc1c(Cl)cnn(CC2CC2)c1=O. The number of unbranched alkanes of at least 4 members (excludes halogenated alkanes) is 3. The molecule has 1 N–H and O–H groups in total. The molecule has 0 aliphatic heterocycles. The van der Waals surface area contributed by atoms with Gasteiger partial charge in [-0.25, -0.2) is 4.68 Å². The van der Waals surface area contributed by atoms with E-state index in [0.717, 1.165) is 19.5 Å². The van der Waals surface area contributed by atoms with Crippen molar-refractivity contribution in [1.29, 1.82) is 0 Å². The van der Waals surface area contributed by atoms with E-state index < -0.39 is 0 Å². The first-order chi connectivity index (χ1) is 9.22. The quantitative estimate of drug-likeness (QED) is 0.745. The monoisotopic (exact) mass is 283 g/mol. The van der Waals surface area contributed by atoms with Crippen molar-refractivity contribution in [1.82, 2.24) is 9.78 Å². The van der Waals surface area contributed by atoms with Gasteiger partial charge in [-0.1, -0.05) is 37.8 Å². The average molecular weight is 284 g/mol. The lowest BCUT2D eigenvalue weighted by molar-refractivity contribution is 0.534. The molecule has 0 radical (unpaired) electrons. The molecule has 2 rings (SSSR count). The third kappa shape index (κ3) is 4.23. The van der Waals surface area contributed by atoms with Crippen molar-refractivity contribution in [3.63, 3.8) is 0 Å². The van der Waals surface area contributed by atoms with E-state index in [4.69, 9.17) is 11.6 Å². The Morgan fingerprint density at radius 2 is 2.21 bits per heavy atom. The van der Waals surface area contributed by atoms with Gasteiger partial charge in [0.05, 0.1) is 11.2 Å². The lowest BCUT2D eigenvalue weighted by atomic mass is 10.2. The molecule has 4 nitrogen and oxygen atoms in total. The summed E-state index contributed by atoms with van der Waals surface area (Å²) in [7, 11) is 0. The molecule has 0 spiro atoms. The Bertz CT molecular complexity index is 468. The van der Waals surface area contributed by atoms with Crippen LogP contribution >= 0.6 is 11.6 Å². The molecule has 1 aromatic rings. The zero-order valence-electron chi connectivity index (χ0n) is 11.5. The topological polar surface area (TPSA) is 46.9 Å². The van der Waals surface area contributed by atoms with Crippen LogP contribution in [0.1, 0.15) is 45.4 Å². The summed E-state index contributed by atoms with van der Waals surface area (Å²) in [6.07, 6.45) is 8.67. The van der Waals surface area contributed by atoms with E-state index in [1.165, 1.54) is 36.8 Å². The Morgan fingerprint density at radius 3 is 2.89 bits per heavy atom. The Kier molecular flexibility index (Phi) is 5.25. The third-order valence-electron chi connectivity index (χ3n) is 3.46. The number of anilines is 1. The fourth-order valence-electron chi connectivity index (χ4n) is 2.07. The maximum atomic E-state index is 12.2. The van der Waals surface area contributed by atoms with Gasteiger partial charge in [-0.2, -0.15) is 5.10 Å². The van der Waals surface area contributed by atoms with Crippen LogP contribution < -0.4 is 10.9 Å². The summed E-state index contributed by atoms with van der Waals surface area (Å²) in [5.74, 6) is 0.628. The van der Waals surface area contributed by atoms with Crippen LogP contribution in [0.2, 0.25) is 5.02 Å². The van der Waals surface area contributed by atoms with Gasteiger partial charge in [-0.15, -0.1) is 0 Å². The summed E-state index contributed by atoms with van der Waals surface area (Å²) in [4.78, 5) is 12.2. The van der Waals surface area contributed by atoms with Crippen molar-refractivity contribution in [2.75, 3.05) is 11.9 Å². The predicted octanol–water partition coefficient (Wildman–Crippen LogP) is 3.30. The number of nitrogens with one attached hydrogen (secondary N) is 1. The highest BCUT2D eigenvalue weighted by atomic mass is 35.5. The fourth-order valence-corrected chi connectivity index (χ4v) is 2.26. The van der Waals surface area contributed by atoms with E-state index in [-0.39, 0.29) is 5.56 Å². The van der Waals surface area contributed by atoms with Gasteiger partial charge >= 0.3 is 0 Å². The van der Waals surface area contributed by atoms with E-state index in [1.54, 1.807) is 6.20 Å². The minimum absolute atomic E-state index is 0.0881. The molecular formula is C14H22ClN3O. The molecule has 0 amide bonds. The average Bonchev–Trinajstić information content (AvgIpc) is 3.20. The van der Waals surface area contributed by atoms with Crippen LogP contribution in [-0.2, 0) is 6.54 Å². The highest BCUT2D eigenvalue weighted by Crippen LogP contribution is 2.30. The summed E-state index contributed by atoms with van der Waals surface area (Å²) in [5, 5.41) is 7.70. The number of hydrogen-bond donors (Lipinski definition) is 1. The van der Waals surface area contributed by atoms with Crippen molar-refractivity contribution in [3.8, 4) is 0 Å². The summed E-state index contributed by atoms with van der Waals surface area (Å²) in [6, 6.07) is 0. The third-order valence-corrected chi connectivity index (χ3v) is 3.74. The highest BCUT2D eigenvalue weighted by molar-refractivity contribution is 6.32. The molecule has 0 saturated heterocycles. The fraction of sp³-hybridized carbons (Fsp3) is 0.714. The van der Waals surface area contributed by atoms with Crippen molar-refractivity contribution in [2.45, 2.75) is 52.0 Å². The normalized spacial score (nSPS) is 14.6. The maximum Gasteiger partial charge on any atom is 0.291 e. The molecule has 0 atom stereocenters. The summed E-state index contributed by atoms with van der Waals surface area (Å²) in [5.41, 5.74) is 0.420. The zero-order valence-corrected chi connectivity index (χ0v) is 12.2. The number of hydrogen-bond acceptors (Lipinski definition) is 3. The minimum atomic E-state index is -0.0881. The predicted molar refractivity (Wildman–Crippen MR) is 78.9 cm³/mol. The number of halogens is 1. The molecular weight excluding hydrogens is 262 g/mol. The molecule has 1 aliphatic carbocycles. The zero-order chi connectivity index (χ0) is 13.7. The van der Waals surface area contributed by atoms with E-state index in [0.29, 0.717) is 16.6 Å². The van der Waals surface area contributed by atoms with Crippen LogP contribution in [0.4, 0.5) is 5.69 Å². The molecule has 1 fully saturated rings. The Labute approximate surface area is 119 Å². The number of rotatable bonds is 8. The van der Waals surface area contributed by atoms with E-state index in [9.17, 15) is 4.79 Å². The summed E-state index contributed by atoms with van der Waals surface area (Å²) >= 11 is 6.06. The molecule has 106 valence electrons. The van der Waals surface area contributed by atoms with Crippen molar-refractivity contribution >= 4 is 17.3 Å². The van der Waals surface area contributed by atoms with Gasteiger partial charge in [0.25, 0.3) is 5.56 Å². The van der Waals surface area contributed by atoms with Gasteiger partial charge in [0.15, 0.2) is 0 Å². The minimum Gasteiger partial charge on any atom is -0.379 e. The van der Waals surface area contributed by atoms with Crippen molar-refractivity contribution < 1.29 is 0 Å². The molecule has 1 aromatic heterocycles. The molecule has 0 unspecified atom stereocenters.